The zero-order valence-corrected chi connectivity index (χ0v) is 10.2. The highest BCUT2D eigenvalue weighted by atomic mass is 32.2. The van der Waals surface area contributed by atoms with E-state index in [0.29, 0.717) is 5.75 Å². The molecule has 7 nitrogen and oxygen atoms in total. The average molecular weight is 269 g/mol. The van der Waals surface area contributed by atoms with Crippen LogP contribution in [0.4, 0.5) is 5.69 Å². The van der Waals surface area contributed by atoms with E-state index in [9.17, 15) is 13.5 Å². The van der Waals surface area contributed by atoms with Crippen LogP contribution in [0.2, 0.25) is 0 Å². The van der Waals surface area contributed by atoms with Crippen LogP contribution in [-0.4, -0.2) is 30.8 Å². The van der Waals surface area contributed by atoms with Crippen molar-refractivity contribution >= 4 is 15.7 Å². The molecule has 18 heavy (non-hydrogen) atoms. The molecule has 0 aliphatic rings. The Bertz CT molecular complexity index is 637. The number of ether oxygens (including phenoxy) is 1. The molecule has 0 atom stereocenters. The number of nitrogens with zero attached hydrogens (tertiary/aromatic N) is 1. The lowest BCUT2D eigenvalue weighted by Gasteiger charge is -2.09. The fraction of sp³-hybridized carbons (Fsp3) is 0.100. The maximum Gasteiger partial charge on any atom is 0.278 e. The summed E-state index contributed by atoms with van der Waals surface area (Å²) in [4.78, 5) is 0. The van der Waals surface area contributed by atoms with Crippen molar-refractivity contribution in [2.75, 3.05) is 11.8 Å². The highest BCUT2D eigenvalue weighted by Crippen LogP contribution is 2.29. The van der Waals surface area contributed by atoms with Gasteiger partial charge in [0, 0.05) is 6.07 Å². The van der Waals surface area contributed by atoms with E-state index in [1.165, 1.54) is 37.6 Å². The van der Waals surface area contributed by atoms with Crippen molar-refractivity contribution in [3.05, 3.63) is 30.5 Å². The SMILES string of the molecule is COc1ccc(NS(=O)(=O)c2ccn[nH]2)c(O)c1. The van der Waals surface area contributed by atoms with Crippen molar-refractivity contribution < 1.29 is 18.3 Å². The van der Waals surface area contributed by atoms with Gasteiger partial charge in [-0.25, -0.2) is 0 Å². The standard InChI is InChI=1S/C10H11N3O4S/c1-17-7-2-3-8(9(14)6-7)13-18(15,16)10-4-5-11-12-10/h2-6,13-14H,1H3,(H,11,12). The second-order valence-electron chi connectivity index (χ2n) is 3.41. The maximum atomic E-state index is 11.8. The molecular weight excluding hydrogens is 258 g/mol. The molecule has 1 heterocycles. The molecule has 0 amide bonds. The van der Waals surface area contributed by atoms with Crippen LogP contribution in [-0.2, 0) is 10.0 Å². The number of anilines is 1. The van der Waals surface area contributed by atoms with Crippen LogP contribution in [0.1, 0.15) is 0 Å². The van der Waals surface area contributed by atoms with Crippen LogP contribution >= 0.6 is 0 Å². The van der Waals surface area contributed by atoms with Gasteiger partial charge in [-0.3, -0.25) is 9.82 Å². The first-order valence-electron chi connectivity index (χ1n) is 4.92. The lowest BCUT2D eigenvalue weighted by molar-refractivity contribution is 0.408. The Labute approximate surface area is 103 Å². The fourth-order valence-electron chi connectivity index (χ4n) is 1.32. The quantitative estimate of drug-likeness (QED) is 0.716. The van der Waals surface area contributed by atoms with Gasteiger partial charge in [0.2, 0.25) is 0 Å². The molecule has 1 aromatic carbocycles. The molecule has 0 saturated carbocycles. The lowest BCUT2D eigenvalue weighted by atomic mass is 10.3. The van der Waals surface area contributed by atoms with E-state index in [1.807, 2.05) is 0 Å². The van der Waals surface area contributed by atoms with E-state index in [1.54, 1.807) is 0 Å². The smallest absolute Gasteiger partial charge is 0.278 e. The van der Waals surface area contributed by atoms with Gasteiger partial charge in [0.25, 0.3) is 10.0 Å². The van der Waals surface area contributed by atoms with Gasteiger partial charge in [-0.15, -0.1) is 0 Å². The number of benzene rings is 1. The number of H-pyrrole nitrogens is 1. The van der Waals surface area contributed by atoms with Gasteiger partial charge in [0.05, 0.1) is 19.0 Å². The molecule has 0 aliphatic heterocycles. The summed E-state index contributed by atoms with van der Waals surface area (Å²) in [5, 5.41) is 15.5. The third kappa shape index (κ3) is 2.38. The van der Waals surface area contributed by atoms with Gasteiger partial charge in [0.1, 0.15) is 11.5 Å². The molecule has 96 valence electrons. The molecule has 3 N–H and O–H groups in total. The number of methoxy groups -OCH3 is 1. The Morgan fingerprint density at radius 2 is 2.17 bits per heavy atom. The Kier molecular flexibility index (Phi) is 3.11. The molecule has 2 rings (SSSR count). The highest BCUT2D eigenvalue weighted by molar-refractivity contribution is 7.92. The lowest BCUT2D eigenvalue weighted by Crippen LogP contribution is -2.13. The minimum absolute atomic E-state index is 0.0606. The zero-order valence-electron chi connectivity index (χ0n) is 9.41. The van der Waals surface area contributed by atoms with Crippen molar-refractivity contribution in [1.82, 2.24) is 10.2 Å². The number of aromatic hydroxyl groups is 1. The summed E-state index contributed by atoms with van der Waals surface area (Å²) in [6.07, 6.45) is 1.32. The van der Waals surface area contributed by atoms with E-state index in [-0.39, 0.29) is 16.5 Å². The summed E-state index contributed by atoms with van der Waals surface area (Å²) in [6, 6.07) is 5.56. The Hall–Kier alpha value is -2.22. The number of phenolic OH excluding ortho intramolecular Hbond substituents is 1. The average Bonchev–Trinajstić information content (AvgIpc) is 2.86. The minimum atomic E-state index is -3.78. The van der Waals surface area contributed by atoms with E-state index in [2.05, 4.69) is 14.9 Å². The topological polar surface area (TPSA) is 104 Å². The second kappa shape index (κ2) is 4.57. The Balaban J connectivity index is 2.30. The van der Waals surface area contributed by atoms with Crippen LogP contribution in [0.5, 0.6) is 11.5 Å². The number of nitrogens with one attached hydrogen (secondary N) is 2. The van der Waals surface area contributed by atoms with Gasteiger partial charge in [-0.2, -0.15) is 13.5 Å². The maximum absolute atomic E-state index is 11.8. The van der Waals surface area contributed by atoms with E-state index in [4.69, 9.17) is 4.74 Å². The third-order valence-electron chi connectivity index (χ3n) is 2.21. The molecule has 0 spiro atoms. The van der Waals surface area contributed by atoms with Crippen molar-refractivity contribution in [2.45, 2.75) is 5.03 Å². The van der Waals surface area contributed by atoms with Crippen LogP contribution in [0, 0.1) is 0 Å². The zero-order chi connectivity index (χ0) is 13.2. The normalized spacial score (nSPS) is 11.2. The predicted molar refractivity (Wildman–Crippen MR) is 64.1 cm³/mol. The molecule has 2 aromatic rings. The van der Waals surface area contributed by atoms with Crippen molar-refractivity contribution in [2.24, 2.45) is 0 Å². The summed E-state index contributed by atoms with van der Waals surface area (Å²) in [5.41, 5.74) is 0.0606. The largest absolute Gasteiger partial charge is 0.506 e. The van der Waals surface area contributed by atoms with Crippen molar-refractivity contribution in [3.63, 3.8) is 0 Å². The first-order valence-corrected chi connectivity index (χ1v) is 6.40. The number of rotatable bonds is 4. The van der Waals surface area contributed by atoms with Gasteiger partial charge in [-0.05, 0) is 18.2 Å². The van der Waals surface area contributed by atoms with Crippen LogP contribution in [0.15, 0.2) is 35.5 Å². The summed E-state index contributed by atoms with van der Waals surface area (Å²) in [7, 11) is -2.33. The molecule has 8 heteroatoms. The first kappa shape index (κ1) is 12.2. The van der Waals surface area contributed by atoms with E-state index >= 15 is 0 Å². The Morgan fingerprint density at radius 3 is 2.72 bits per heavy atom. The second-order valence-corrected chi connectivity index (χ2v) is 5.06. The Morgan fingerprint density at radius 1 is 1.39 bits per heavy atom. The highest BCUT2D eigenvalue weighted by Gasteiger charge is 2.17. The molecule has 0 radical (unpaired) electrons. The summed E-state index contributed by atoms with van der Waals surface area (Å²) in [5.74, 6) is 0.203. The summed E-state index contributed by atoms with van der Waals surface area (Å²) >= 11 is 0. The van der Waals surface area contributed by atoms with Crippen LogP contribution < -0.4 is 9.46 Å². The van der Waals surface area contributed by atoms with Crippen molar-refractivity contribution in [3.8, 4) is 11.5 Å². The third-order valence-corrected chi connectivity index (χ3v) is 3.51. The van der Waals surface area contributed by atoms with Gasteiger partial charge in [-0.1, -0.05) is 0 Å². The van der Waals surface area contributed by atoms with Crippen LogP contribution in [0.3, 0.4) is 0 Å². The molecule has 1 aromatic heterocycles. The minimum Gasteiger partial charge on any atom is -0.506 e. The first-order chi connectivity index (χ1) is 8.53. The number of sulfonamides is 1. The van der Waals surface area contributed by atoms with E-state index in [0.717, 1.165) is 0 Å². The monoisotopic (exact) mass is 269 g/mol. The molecule has 0 saturated heterocycles. The summed E-state index contributed by atoms with van der Waals surface area (Å²) < 4.78 is 30.8. The molecule has 0 unspecified atom stereocenters. The number of hydrogen-bond donors (Lipinski definition) is 3. The fourth-order valence-corrected chi connectivity index (χ4v) is 2.30. The molecule has 0 bridgehead atoms. The molecule has 0 fully saturated rings. The van der Waals surface area contributed by atoms with E-state index < -0.39 is 10.0 Å². The molecule has 0 aliphatic carbocycles. The number of phenols is 1. The number of aromatic nitrogens is 2. The van der Waals surface area contributed by atoms with Gasteiger partial charge in [0.15, 0.2) is 5.03 Å². The van der Waals surface area contributed by atoms with Crippen LogP contribution in [0.25, 0.3) is 0 Å². The summed E-state index contributed by atoms with van der Waals surface area (Å²) in [6.45, 7) is 0. The van der Waals surface area contributed by atoms with Crippen molar-refractivity contribution in [1.29, 1.82) is 0 Å². The molecular formula is C10H11N3O4S. The number of aromatic amines is 1. The number of hydrogen-bond acceptors (Lipinski definition) is 5. The van der Waals surface area contributed by atoms with Gasteiger partial charge < -0.3 is 9.84 Å². The van der Waals surface area contributed by atoms with Gasteiger partial charge >= 0.3 is 0 Å². The predicted octanol–water partition coefficient (Wildman–Crippen LogP) is 0.925.